The molecule has 0 atom stereocenters. The Morgan fingerprint density at radius 3 is 2.32 bits per heavy atom. The zero-order valence-electron chi connectivity index (χ0n) is 13.3. The summed E-state index contributed by atoms with van der Waals surface area (Å²) in [5, 5.41) is 0.400. The standard InChI is InChI=1S/C17H16BrClN2O4/c1-11-8-12(6-7-13(11)18)24-9-16(22)20-21-17(23)10-25-15-5-3-2-4-14(15)19/h2-8H,9-10H2,1H3,(H,20,22)(H,21,23). The summed E-state index contributed by atoms with van der Waals surface area (Å²) in [6.07, 6.45) is 0. The molecule has 8 heteroatoms. The first-order chi connectivity index (χ1) is 12.0. The SMILES string of the molecule is Cc1cc(OCC(=O)NNC(=O)COc2ccccc2Cl)ccc1Br. The second-order valence-electron chi connectivity index (χ2n) is 5.02. The lowest BCUT2D eigenvalue weighted by molar-refractivity contribution is -0.131. The highest BCUT2D eigenvalue weighted by atomic mass is 79.9. The van der Waals surface area contributed by atoms with Crippen LogP contribution in [0.5, 0.6) is 11.5 Å². The molecule has 0 aromatic heterocycles. The Kier molecular flexibility index (Phi) is 7.09. The van der Waals surface area contributed by atoms with Crippen LogP contribution in [0.15, 0.2) is 46.9 Å². The molecule has 0 heterocycles. The van der Waals surface area contributed by atoms with E-state index in [4.69, 9.17) is 21.1 Å². The number of carbonyl (C=O) groups excluding carboxylic acids is 2. The number of amides is 2. The molecule has 6 nitrogen and oxygen atoms in total. The molecule has 2 N–H and O–H groups in total. The molecule has 0 saturated heterocycles. The predicted octanol–water partition coefficient (Wildman–Crippen LogP) is 3.02. The van der Waals surface area contributed by atoms with E-state index < -0.39 is 11.8 Å². The summed E-state index contributed by atoms with van der Waals surface area (Å²) in [6, 6.07) is 12.1. The number of hydrazine groups is 1. The molecule has 0 aliphatic rings. The van der Waals surface area contributed by atoms with Gasteiger partial charge in [-0.05, 0) is 42.8 Å². The summed E-state index contributed by atoms with van der Waals surface area (Å²) in [6.45, 7) is 1.40. The third-order valence-electron chi connectivity index (χ3n) is 3.04. The first-order valence-corrected chi connectivity index (χ1v) is 8.47. The minimum absolute atomic E-state index is 0.229. The van der Waals surface area contributed by atoms with Gasteiger partial charge in [-0.15, -0.1) is 0 Å². The van der Waals surface area contributed by atoms with Crippen molar-refractivity contribution in [3.63, 3.8) is 0 Å². The van der Waals surface area contributed by atoms with Crippen molar-refractivity contribution in [2.45, 2.75) is 6.92 Å². The minimum Gasteiger partial charge on any atom is -0.484 e. The fourth-order valence-electron chi connectivity index (χ4n) is 1.77. The van der Waals surface area contributed by atoms with Crippen LogP contribution >= 0.6 is 27.5 Å². The highest BCUT2D eigenvalue weighted by Gasteiger charge is 2.08. The van der Waals surface area contributed by atoms with Crippen molar-refractivity contribution in [3.05, 3.63) is 57.5 Å². The third kappa shape index (κ3) is 6.28. The number of ether oxygens (including phenoxy) is 2. The molecule has 0 spiro atoms. The molecule has 132 valence electrons. The Bertz CT molecular complexity index is 770. The number of benzene rings is 2. The van der Waals surface area contributed by atoms with Crippen LogP contribution in [0.25, 0.3) is 0 Å². The van der Waals surface area contributed by atoms with Gasteiger partial charge in [0.05, 0.1) is 5.02 Å². The molecule has 2 aromatic rings. The van der Waals surface area contributed by atoms with Crippen LogP contribution in [-0.4, -0.2) is 25.0 Å². The summed E-state index contributed by atoms with van der Waals surface area (Å²) in [5.74, 6) is -0.0664. The molecule has 0 unspecified atom stereocenters. The molecular weight excluding hydrogens is 412 g/mol. The van der Waals surface area contributed by atoms with Crippen molar-refractivity contribution in [2.24, 2.45) is 0 Å². The van der Waals surface area contributed by atoms with Crippen molar-refractivity contribution in [1.82, 2.24) is 10.9 Å². The first-order valence-electron chi connectivity index (χ1n) is 7.29. The van der Waals surface area contributed by atoms with Gasteiger partial charge in [0.25, 0.3) is 11.8 Å². The Morgan fingerprint density at radius 1 is 1.04 bits per heavy atom. The number of hydrogen-bond acceptors (Lipinski definition) is 4. The highest BCUT2D eigenvalue weighted by molar-refractivity contribution is 9.10. The number of para-hydroxylation sites is 1. The van der Waals surface area contributed by atoms with Gasteiger partial charge in [0, 0.05) is 4.47 Å². The third-order valence-corrected chi connectivity index (χ3v) is 4.24. The second kappa shape index (κ2) is 9.29. The Morgan fingerprint density at radius 2 is 1.68 bits per heavy atom. The van der Waals surface area contributed by atoms with Gasteiger partial charge in [0.1, 0.15) is 11.5 Å². The first kappa shape index (κ1) is 19.1. The molecule has 0 saturated carbocycles. The average Bonchev–Trinajstić information content (AvgIpc) is 2.60. The van der Waals surface area contributed by atoms with Crippen molar-refractivity contribution < 1.29 is 19.1 Å². The molecule has 2 aromatic carbocycles. The zero-order valence-corrected chi connectivity index (χ0v) is 15.7. The van der Waals surface area contributed by atoms with Crippen molar-refractivity contribution in [2.75, 3.05) is 13.2 Å². The van der Waals surface area contributed by atoms with E-state index in [-0.39, 0.29) is 13.2 Å². The van der Waals surface area contributed by atoms with Crippen LogP contribution in [0.1, 0.15) is 5.56 Å². The smallest absolute Gasteiger partial charge is 0.276 e. The maximum absolute atomic E-state index is 11.7. The molecule has 0 aliphatic heterocycles. The number of carbonyl (C=O) groups is 2. The van der Waals surface area contributed by atoms with E-state index in [0.29, 0.717) is 16.5 Å². The van der Waals surface area contributed by atoms with E-state index in [1.165, 1.54) is 0 Å². The number of hydrogen-bond donors (Lipinski definition) is 2. The summed E-state index contributed by atoms with van der Waals surface area (Å²) < 4.78 is 11.6. The molecule has 0 fully saturated rings. The maximum atomic E-state index is 11.7. The van der Waals surface area contributed by atoms with Crippen molar-refractivity contribution in [1.29, 1.82) is 0 Å². The summed E-state index contributed by atoms with van der Waals surface area (Å²) in [7, 11) is 0. The summed E-state index contributed by atoms with van der Waals surface area (Å²) >= 11 is 9.29. The van der Waals surface area contributed by atoms with Crippen LogP contribution in [-0.2, 0) is 9.59 Å². The van der Waals surface area contributed by atoms with Crippen LogP contribution in [0.2, 0.25) is 5.02 Å². The van der Waals surface area contributed by atoms with Crippen LogP contribution in [0, 0.1) is 6.92 Å². The Labute approximate surface area is 158 Å². The lowest BCUT2D eigenvalue weighted by Crippen LogP contribution is -2.45. The lowest BCUT2D eigenvalue weighted by Gasteiger charge is -2.10. The van der Waals surface area contributed by atoms with E-state index in [9.17, 15) is 9.59 Å². The topological polar surface area (TPSA) is 76.7 Å². The van der Waals surface area contributed by atoms with Crippen LogP contribution in [0.3, 0.4) is 0 Å². The fraction of sp³-hybridized carbons (Fsp3) is 0.176. The normalized spacial score (nSPS) is 10.0. The summed E-state index contributed by atoms with van der Waals surface area (Å²) in [4.78, 5) is 23.3. The van der Waals surface area contributed by atoms with E-state index in [0.717, 1.165) is 10.0 Å². The van der Waals surface area contributed by atoms with Crippen LogP contribution < -0.4 is 20.3 Å². The van der Waals surface area contributed by atoms with Gasteiger partial charge in [-0.3, -0.25) is 20.4 Å². The molecule has 2 amide bonds. The van der Waals surface area contributed by atoms with E-state index in [2.05, 4.69) is 26.8 Å². The largest absolute Gasteiger partial charge is 0.484 e. The lowest BCUT2D eigenvalue weighted by atomic mass is 10.2. The zero-order chi connectivity index (χ0) is 18.2. The molecule has 0 radical (unpaired) electrons. The predicted molar refractivity (Wildman–Crippen MR) is 97.6 cm³/mol. The Hall–Kier alpha value is -2.25. The van der Waals surface area contributed by atoms with Crippen molar-refractivity contribution >= 4 is 39.3 Å². The van der Waals surface area contributed by atoms with Crippen molar-refractivity contribution in [3.8, 4) is 11.5 Å². The van der Waals surface area contributed by atoms with Gasteiger partial charge in [-0.2, -0.15) is 0 Å². The quantitative estimate of drug-likeness (QED) is 0.695. The van der Waals surface area contributed by atoms with E-state index >= 15 is 0 Å². The van der Waals surface area contributed by atoms with Gasteiger partial charge in [-0.1, -0.05) is 39.7 Å². The van der Waals surface area contributed by atoms with Gasteiger partial charge in [0.15, 0.2) is 13.2 Å². The minimum atomic E-state index is -0.521. The van der Waals surface area contributed by atoms with Gasteiger partial charge in [-0.25, -0.2) is 0 Å². The maximum Gasteiger partial charge on any atom is 0.276 e. The van der Waals surface area contributed by atoms with Crippen LogP contribution in [0.4, 0.5) is 0 Å². The van der Waals surface area contributed by atoms with E-state index in [1.807, 2.05) is 13.0 Å². The monoisotopic (exact) mass is 426 g/mol. The van der Waals surface area contributed by atoms with Gasteiger partial charge < -0.3 is 9.47 Å². The molecule has 0 bridgehead atoms. The average molecular weight is 428 g/mol. The van der Waals surface area contributed by atoms with Gasteiger partial charge >= 0.3 is 0 Å². The number of aryl methyl sites for hydroxylation is 1. The molecule has 0 aliphatic carbocycles. The molecule has 25 heavy (non-hydrogen) atoms. The van der Waals surface area contributed by atoms with E-state index in [1.54, 1.807) is 36.4 Å². The number of rotatable bonds is 6. The fourth-order valence-corrected chi connectivity index (χ4v) is 2.21. The molecule has 2 rings (SSSR count). The molecular formula is C17H16BrClN2O4. The number of halogens is 2. The number of nitrogens with one attached hydrogen (secondary N) is 2. The highest BCUT2D eigenvalue weighted by Crippen LogP contribution is 2.23. The summed E-state index contributed by atoms with van der Waals surface area (Å²) in [5.41, 5.74) is 5.47. The second-order valence-corrected chi connectivity index (χ2v) is 6.28. The van der Waals surface area contributed by atoms with Gasteiger partial charge in [0.2, 0.25) is 0 Å². The Balaban J connectivity index is 1.69.